The summed E-state index contributed by atoms with van der Waals surface area (Å²) in [7, 11) is 0. The van der Waals surface area contributed by atoms with Gasteiger partial charge in [0.1, 0.15) is 6.61 Å². The normalized spacial score (nSPS) is 25.4. The van der Waals surface area contributed by atoms with Crippen LogP contribution in [0.25, 0.3) is 6.08 Å². The SMILES string of the molecule is C[C@@]12C[C@H]3C(=O)N(Cc4ccccc4)C(=O)[C@H]3[C@@H](CO1)/C2=C\c1cccc(COC(=O)NCCCCCC(=O)NO)c1. The summed E-state index contributed by atoms with van der Waals surface area (Å²) in [5, 5.41) is 11.2. The lowest BCUT2D eigenvalue weighted by atomic mass is 9.66. The standard InChI is InChI=1S/C32H37N3O7/c1-32-17-24-28(30(38)35(29(24)37)18-21-9-4-2-5-10-21)25(20-42-32)26(32)16-22-11-8-12-23(15-22)19-41-31(39)33-14-7-3-6-13-27(36)34-40/h2,4-5,8-12,15-16,24-25,28,40H,3,6-7,13-14,17-20H2,1H3,(H,33,39)(H,34,36)/b26-16+/t24-,25+,28-,32+/m1/s1. The third-order valence-electron chi connectivity index (χ3n) is 8.50. The molecule has 2 aliphatic heterocycles. The molecule has 3 N–H and O–H groups in total. The summed E-state index contributed by atoms with van der Waals surface area (Å²) < 4.78 is 11.6. The molecule has 4 atom stereocenters. The molecule has 2 aromatic carbocycles. The number of benzene rings is 2. The van der Waals surface area contributed by atoms with Crippen molar-refractivity contribution >= 4 is 29.9 Å². The molecule has 42 heavy (non-hydrogen) atoms. The number of nitrogens with zero attached hydrogens (tertiary/aromatic N) is 1. The van der Waals surface area contributed by atoms with E-state index in [1.165, 1.54) is 4.90 Å². The Morgan fingerprint density at radius 1 is 1.05 bits per heavy atom. The number of fused-ring (bicyclic) bond motifs is 4. The first-order valence-electron chi connectivity index (χ1n) is 14.5. The van der Waals surface area contributed by atoms with Crippen molar-refractivity contribution in [1.82, 2.24) is 15.7 Å². The number of rotatable bonds is 11. The molecule has 2 aromatic rings. The van der Waals surface area contributed by atoms with Gasteiger partial charge in [0.25, 0.3) is 0 Å². The maximum atomic E-state index is 13.6. The number of likely N-dealkylation sites (tertiary alicyclic amines) is 1. The monoisotopic (exact) mass is 575 g/mol. The summed E-state index contributed by atoms with van der Waals surface area (Å²) in [4.78, 5) is 51.5. The van der Waals surface area contributed by atoms with E-state index in [0.29, 0.717) is 32.4 Å². The van der Waals surface area contributed by atoms with Crippen molar-refractivity contribution in [3.63, 3.8) is 0 Å². The van der Waals surface area contributed by atoms with Crippen molar-refractivity contribution in [2.75, 3.05) is 13.2 Å². The highest BCUT2D eigenvalue weighted by atomic mass is 16.5. The van der Waals surface area contributed by atoms with Crippen molar-refractivity contribution in [3.8, 4) is 0 Å². The molecule has 10 heteroatoms. The highest BCUT2D eigenvalue weighted by molar-refractivity contribution is 6.06. The van der Waals surface area contributed by atoms with Crippen LogP contribution in [0.5, 0.6) is 0 Å². The second kappa shape index (κ2) is 12.9. The van der Waals surface area contributed by atoms with Gasteiger partial charge in [0.05, 0.1) is 30.6 Å². The van der Waals surface area contributed by atoms with E-state index in [1.54, 1.807) is 5.48 Å². The first kappa shape index (κ1) is 29.5. The molecule has 4 amide bonds. The first-order valence-corrected chi connectivity index (χ1v) is 14.5. The van der Waals surface area contributed by atoms with Crippen molar-refractivity contribution in [1.29, 1.82) is 0 Å². The molecule has 222 valence electrons. The zero-order valence-electron chi connectivity index (χ0n) is 23.7. The van der Waals surface area contributed by atoms with E-state index in [2.05, 4.69) is 11.4 Å². The largest absolute Gasteiger partial charge is 0.445 e. The maximum Gasteiger partial charge on any atom is 0.407 e. The van der Waals surface area contributed by atoms with Gasteiger partial charge in [-0.05, 0) is 54.5 Å². The number of hydrogen-bond donors (Lipinski definition) is 3. The molecule has 3 fully saturated rings. The lowest BCUT2D eigenvalue weighted by Gasteiger charge is -2.36. The smallest absolute Gasteiger partial charge is 0.407 e. The average molecular weight is 576 g/mol. The third-order valence-corrected chi connectivity index (χ3v) is 8.50. The Morgan fingerprint density at radius 3 is 2.62 bits per heavy atom. The van der Waals surface area contributed by atoms with Crippen molar-refractivity contribution in [2.24, 2.45) is 17.8 Å². The molecule has 2 heterocycles. The van der Waals surface area contributed by atoms with Crippen LogP contribution in [0.1, 0.15) is 55.7 Å². The molecule has 1 saturated carbocycles. The number of hydrogen-bond acceptors (Lipinski definition) is 7. The van der Waals surface area contributed by atoms with E-state index in [0.717, 1.165) is 28.7 Å². The van der Waals surface area contributed by atoms with Crippen LogP contribution < -0.4 is 10.8 Å². The molecule has 10 nitrogen and oxygen atoms in total. The predicted octanol–water partition coefficient (Wildman–Crippen LogP) is 3.97. The van der Waals surface area contributed by atoms with Crippen LogP contribution in [0.15, 0.2) is 60.2 Å². The lowest BCUT2D eigenvalue weighted by Crippen LogP contribution is -2.40. The number of carbonyl (C=O) groups is 4. The van der Waals surface area contributed by atoms with E-state index < -0.39 is 23.5 Å². The van der Waals surface area contributed by atoms with Gasteiger partial charge < -0.3 is 14.8 Å². The second-order valence-corrected chi connectivity index (χ2v) is 11.4. The van der Waals surface area contributed by atoms with Crippen molar-refractivity contribution < 1.29 is 33.9 Å². The number of unbranched alkanes of at least 4 members (excludes halogenated alkanes) is 2. The molecule has 0 aromatic heterocycles. The molecular weight excluding hydrogens is 538 g/mol. The second-order valence-electron chi connectivity index (χ2n) is 11.4. The van der Waals surface area contributed by atoms with Crippen LogP contribution in [0.4, 0.5) is 4.79 Å². The van der Waals surface area contributed by atoms with Gasteiger partial charge in [0.2, 0.25) is 17.7 Å². The number of hydroxylamine groups is 1. The molecule has 0 unspecified atom stereocenters. The first-order chi connectivity index (χ1) is 20.3. The summed E-state index contributed by atoms with van der Waals surface area (Å²) in [5.74, 6) is -1.63. The van der Waals surface area contributed by atoms with Gasteiger partial charge >= 0.3 is 6.09 Å². The summed E-state index contributed by atoms with van der Waals surface area (Å²) in [5.41, 5.74) is 4.66. The lowest BCUT2D eigenvalue weighted by molar-refractivity contribution is -0.141. The van der Waals surface area contributed by atoms with E-state index in [9.17, 15) is 19.2 Å². The number of alkyl carbamates (subject to hydrolysis) is 1. The molecule has 0 radical (unpaired) electrons. The highest BCUT2D eigenvalue weighted by Gasteiger charge is 2.62. The van der Waals surface area contributed by atoms with Gasteiger partial charge in [-0.2, -0.15) is 0 Å². The minimum absolute atomic E-state index is 0.100. The zero-order chi connectivity index (χ0) is 29.7. The summed E-state index contributed by atoms with van der Waals surface area (Å²) in [6.45, 7) is 3.22. The molecule has 5 rings (SSSR count). The molecular formula is C32H37N3O7. The predicted molar refractivity (Wildman–Crippen MR) is 152 cm³/mol. The van der Waals surface area contributed by atoms with Crippen molar-refractivity contribution in [3.05, 3.63) is 76.9 Å². The molecule has 2 bridgehead atoms. The topological polar surface area (TPSA) is 134 Å². The number of ether oxygens (including phenoxy) is 2. The summed E-state index contributed by atoms with van der Waals surface area (Å²) in [6.07, 6.45) is 4.29. The molecule has 3 aliphatic rings. The van der Waals surface area contributed by atoms with Crippen LogP contribution in [-0.2, 0) is 37.0 Å². The van der Waals surface area contributed by atoms with Gasteiger partial charge in [0.15, 0.2) is 0 Å². The van der Waals surface area contributed by atoms with E-state index in [1.807, 2.05) is 61.5 Å². The number of carbonyl (C=O) groups excluding carboxylic acids is 4. The fourth-order valence-corrected chi connectivity index (χ4v) is 6.38. The van der Waals surface area contributed by atoms with E-state index in [4.69, 9.17) is 14.7 Å². The fourth-order valence-electron chi connectivity index (χ4n) is 6.38. The minimum Gasteiger partial charge on any atom is -0.445 e. The van der Waals surface area contributed by atoms with Crippen LogP contribution in [-0.4, -0.2) is 52.7 Å². The Hall–Kier alpha value is -4.02. The zero-order valence-corrected chi connectivity index (χ0v) is 23.7. The Balaban J connectivity index is 1.19. The average Bonchev–Trinajstić information content (AvgIpc) is 3.34. The maximum absolute atomic E-state index is 13.6. The number of nitrogens with one attached hydrogen (secondary N) is 2. The van der Waals surface area contributed by atoms with Gasteiger partial charge in [0, 0.05) is 18.9 Å². The number of amides is 4. The van der Waals surface area contributed by atoms with Gasteiger partial charge in [-0.3, -0.25) is 24.5 Å². The van der Waals surface area contributed by atoms with Crippen LogP contribution in [0.2, 0.25) is 0 Å². The summed E-state index contributed by atoms with van der Waals surface area (Å²) >= 11 is 0. The fraction of sp³-hybridized carbons (Fsp3) is 0.438. The quantitative estimate of drug-likeness (QED) is 0.160. The van der Waals surface area contributed by atoms with Gasteiger partial charge in [-0.25, -0.2) is 10.3 Å². The van der Waals surface area contributed by atoms with Crippen LogP contribution in [0, 0.1) is 17.8 Å². The van der Waals surface area contributed by atoms with Gasteiger partial charge in [-0.15, -0.1) is 0 Å². The molecule has 1 aliphatic carbocycles. The minimum atomic E-state index is -0.626. The Kier molecular flexibility index (Phi) is 9.03. The highest BCUT2D eigenvalue weighted by Crippen LogP contribution is 2.55. The molecule has 0 spiro atoms. The molecule has 2 saturated heterocycles. The summed E-state index contributed by atoms with van der Waals surface area (Å²) in [6, 6.07) is 17.3. The van der Waals surface area contributed by atoms with Crippen LogP contribution in [0.3, 0.4) is 0 Å². The van der Waals surface area contributed by atoms with Crippen molar-refractivity contribution in [2.45, 2.75) is 57.8 Å². The third kappa shape index (κ3) is 6.39. The van der Waals surface area contributed by atoms with Gasteiger partial charge in [-0.1, -0.05) is 61.0 Å². The van der Waals surface area contributed by atoms with Crippen LogP contribution >= 0.6 is 0 Å². The van der Waals surface area contributed by atoms with E-state index >= 15 is 0 Å². The number of imide groups is 1. The Morgan fingerprint density at radius 2 is 1.83 bits per heavy atom. The Labute approximate surface area is 245 Å². The van der Waals surface area contributed by atoms with E-state index in [-0.39, 0.29) is 43.2 Å². The Bertz CT molecular complexity index is 1360.